The van der Waals surface area contributed by atoms with E-state index in [2.05, 4.69) is 60.1 Å². The van der Waals surface area contributed by atoms with Crippen LogP contribution in [0.1, 0.15) is 0 Å². The second-order valence-electron chi connectivity index (χ2n) is 3.71. The quantitative estimate of drug-likeness (QED) is 0.574. The van der Waals surface area contributed by atoms with Crippen LogP contribution in [0.5, 0.6) is 0 Å². The number of nitrogens with zero attached hydrogens (tertiary/aromatic N) is 1. The maximum Gasteiger partial charge on any atom is 0.482 e. The third-order valence-corrected chi connectivity index (χ3v) is 2.82. The van der Waals surface area contributed by atoms with Crippen LogP contribution in [-0.4, -0.2) is 22.3 Å². The Hall–Kier alpha value is -1.78. The van der Waals surface area contributed by atoms with E-state index in [4.69, 9.17) is 10.0 Å². The fourth-order valence-electron chi connectivity index (χ4n) is 2.12. The van der Waals surface area contributed by atoms with Gasteiger partial charge in [-0.2, -0.15) is 0 Å². The summed E-state index contributed by atoms with van der Waals surface area (Å²) in [5.74, 6) is 0. The minimum absolute atomic E-state index is 0. The monoisotopic (exact) mass is 226 g/mol. The van der Waals surface area contributed by atoms with Crippen molar-refractivity contribution in [2.24, 2.45) is 7.05 Å². The van der Waals surface area contributed by atoms with E-state index < -0.39 is 0 Å². The SMILES string of the molecule is Cn1c2ccccc2c2ccccc21.O[B]O. The van der Waals surface area contributed by atoms with Crippen molar-refractivity contribution in [2.75, 3.05) is 0 Å². The zero-order valence-corrected chi connectivity index (χ0v) is 9.54. The van der Waals surface area contributed by atoms with E-state index in [0.29, 0.717) is 0 Å². The van der Waals surface area contributed by atoms with Crippen molar-refractivity contribution in [2.45, 2.75) is 0 Å². The lowest BCUT2D eigenvalue weighted by Crippen LogP contribution is -1.84. The van der Waals surface area contributed by atoms with E-state index in [0.717, 1.165) is 0 Å². The molecule has 0 atom stereocenters. The Morgan fingerprint density at radius 3 is 1.59 bits per heavy atom. The zero-order chi connectivity index (χ0) is 12.3. The van der Waals surface area contributed by atoms with Crippen LogP contribution in [0.25, 0.3) is 21.8 Å². The average molecular weight is 226 g/mol. The van der Waals surface area contributed by atoms with E-state index >= 15 is 0 Å². The van der Waals surface area contributed by atoms with E-state index in [1.807, 2.05) is 0 Å². The first-order valence-corrected chi connectivity index (χ1v) is 5.32. The molecule has 2 aromatic carbocycles. The second-order valence-corrected chi connectivity index (χ2v) is 3.71. The van der Waals surface area contributed by atoms with Crippen LogP contribution in [0.4, 0.5) is 0 Å². The predicted octanol–water partition coefficient (Wildman–Crippen LogP) is 1.84. The number of fused-ring (bicyclic) bond motifs is 3. The first kappa shape index (κ1) is 11.7. The lowest BCUT2D eigenvalue weighted by atomic mass is 10.2. The fraction of sp³-hybridized carbons (Fsp3) is 0.0769. The van der Waals surface area contributed by atoms with Crippen molar-refractivity contribution in [3.8, 4) is 0 Å². The Bertz CT molecular complexity index is 580. The number of hydrogen-bond donors (Lipinski definition) is 2. The molecule has 3 aromatic rings. The Balaban J connectivity index is 0.000000329. The van der Waals surface area contributed by atoms with Crippen LogP contribution >= 0.6 is 0 Å². The summed E-state index contributed by atoms with van der Waals surface area (Å²) in [5, 5.41) is 16.7. The minimum Gasteiger partial charge on any atom is -0.429 e. The summed E-state index contributed by atoms with van der Waals surface area (Å²) in [4.78, 5) is 0. The number of hydrogen-bond acceptors (Lipinski definition) is 2. The van der Waals surface area contributed by atoms with Gasteiger partial charge in [-0.25, -0.2) is 0 Å². The molecule has 4 heteroatoms. The number of aromatic nitrogens is 1. The molecule has 0 bridgehead atoms. The van der Waals surface area contributed by atoms with Crippen LogP contribution in [0.2, 0.25) is 0 Å². The van der Waals surface area contributed by atoms with Crippen LogP contribution in [0.3, 0.4) is 0 Å². The van der Waals surface area contributed by atoms with Gasteiger partial charge in [-0.15, -0.1) is 0 Å². The Labute approximate surface area is 100 Å². The van der Waals surface area contributed by atoms with Crippen molar-refractivity contribution in [1.29, 1.82) is 0 Å². The molecule has 0 aliphatic carbocycles. The molecule has 1 radical (unpaired) electrons. The van der Waals surface area contributed by atoms with Crippen LogP contribution < -0.4 is 0 Å². The number of aryl methyl sites for hydroxylation is 1. The molecule has 3 nitrogen and oxygen atoms in total. The summed E-state index contributed by atoms with van der Waals surface area (Å²) in [5.41, 5.74) is 2.60. The van der Waals surface area contributed by atoms with Gasteiger partial charge in [-0.3, -0.25) is 0 Å². The van der Waals surface area contributed by atoms with Gasteiger partial charge in [0.05, 0.1) is 0 Å². The summed E-state index contributed by atoms with van der Waals surface area (Å²) >= 11 is 0. The van der Waals surface area contributed by atoms with E-state index in [1.165, 1.54) is 21.8 Å². The summed E-state index contributed by atoms with van der Waals surface area (Å²) in [6.07, 6.45) is 0. The molecule has 3 rings (SSSR count). The third-order valence-electron chi connectivity index (χ3n) is 2.82. The topological polar surface area (TPSA) is 45.4 Å². The largest absolute Gasteiger partial charge is 0.482 e. The molecule has 1 heterocycles. The maximum atomic E-state index is 7.00. The van der Waals surface area contributed by atoms with Gasteiger partial charge in [-0.1, -0.05) is 36.4 Å². The van der Waals surface area contributed by atoms with E-state index in [-0.39, 0.29) is 7.69 Å². The molecule has 0 saturated heterocycles. The van der Waals surface area contributed by atoms with Crippen molar-refractivity contribution >= 4 is 29.5 Å². The highest BCUT2D eigenvalue weighted by atomic mass is 16.4. The lowest BCUT2D eigenvalue weighted by molar-refractivity contribution is 0.448. The molecule has 0 saturated carbocycles. The maximum absolute atomic E-state index is 7.00. The molecule has 0 unspecified atom stereocenters. The lowest BCUT2D eigenvalue weighted by Gasteiger charge is -1.95. The molecule has 0 fully saturated rings. The van der Waals surface area contributed by atoms with E-state index in [1.54, 1.807) is 0 Å². The minimum atomic E-state index is 0. The van der Waals surface area contributed by atoms with Gasteiger partial charge >= 0.3 is 7.69 Å². The van der Waals surface area contributed by atoms with Gasteiger partial charge in [-0.05, 0) is 12.1 Å². The van der Waals surface area contributed by atoms with Crippen LogP contribution in [0.15, 0.2) is 48.5 Å². The highest BCUT2D eigenvalue weighted by molar-refractivity contribution is 6.13. The van der Waals surface area contributed by atoms with Gasteiger partial charge in [0, 0.05) is 28.9 Å². The normalized spacial score (nSPS) is 10.1. The van der Waals surface area contributed by atoms with Gasteiger partial charge < -0.3 is 14.6 Å². The first-order chi connectivity index (χ1) is 8.29. The van der Waals surface area contributed by atoms with Crippen molar-refractivity contribution in [3.05, 3.63) is 48.5 Å². The predicted molar refractivity (Wildman–Crippen MR) is 70.6 cm³/mol. The zero-order valence-electron chi connectivity index (χ0n) is 9.54. The van der Waals surface area contributed by atoms with Gasteiger partial charge in [0.1, 0.15) is 0 Å². The first-order valence-electron chi connectivity index (χ1n) is 5.32. The standard InChI is InChI=1S/C13H11N.BH2O2/c1-14-12-8-4-2-6-10(12)11-7-3-5-9-13(11)14;2-1-3/h2-9H,1H3;2-3H. The summed E-state index contributed by atoms with van der Waals surface area (Å²) < 4.78 is 2.24. The average Bonchev–Trinajstić information content (AvgIpc) is 2.66. The fourth-order valence-corrected chi connectivity index (χ4v) is 2.12. The van der Waals surface area contributed by atoms with Crippen molar-refractivity contribution < 1.29 is 10.0 Å². The number of benzene rings is 2. The highest BCUT2D eigenvalue weighted by Gasteiger charge is 2.04. The molecule has 1 aromatic heterocycles. The van der Waals surface area contributed by atoms with Crippen LogP contribution in [0, 0.1) is 0 Å². The smallest absolute Gasteiger partial charge is 0.429 e. The molecule has 0 aliphatic heterocycles. The Kier molecular flexibility index (Phi) is 3.47. The van der Waals surface area contributed by atoms with Gasteiger partial charge in [0.25, 0.3) is 0 Å². The van der Waals surface area contributed by atoms with E-state index in [9.17, 15) is 0 Å². The number of rotatable bonds is 0. The number of para-hydroxylation sites is 2. The summed E-state index contributed by atoms with van der Waals surface area (Å²) in [7, 11) is 2.12. The molecular formula is C13H13BNO2. The molecule has 2 N–H and O–H groups in total. The van der Waals surface area contributed by atoms with Crippen molar-refractivity contribution in [1.82, 2.24) is 4.57 Å². The second kappa shape index (κ2) is 5.04. The van der Waals surface area contributed by atoms with Gasteiger partial charge in [0.2, 0.25) is 0 Å². The molecule has 0 aliphatic rings. The van der Waals surface area contributed by atoms with Crippen molar-refractivity contribution in [3.63, 3.8) is 0 Å². The van der Waals surface area contributed by atoms with Gasteiger partial charge in [0.15, 0.2) is 0 Å². The molecule has 0 spiro atoms. The highest BCUT2D eigenvalue weighted by Crippen LogP contribution is 2.26. The Morgan fingerprint density at radius 2 is 1.18 bits per heavy atom. The molecule has 17 heavy (non-hydrogen) atoms. The molecular weight excluding hydrogens is 213 g/mol. The third kappa shape index (κ3) is 2.05. The summed E-state index contributed by atoms with van der Waals surface area (Å²) in [6.45, 7) is 0. The molecule has 85 valence electrons. The summed E-state index contributed by atoms with van der Waals surface area (Å²) in [6, 6.07) is 17.0. The Morgan fingerprint density at radius 1 is 0.824 bits per heavy atom. The molecule has 0 amide bonds. The van der Waals surface area contributed by atoms with Crippen LogP contribution in [-0.2, 0) is 7.05 Å².